The van der Waals surface area contributed by atoms with Gasteiger partial charge in [-0.3, -0.25) is 0 Å². The molecule has 0 saturated carbocycles. The summed E-state index contributed by atoms with van der Waals surface area (Å²) < 4.78 is 31.6. The molecule has 4 N–H and O–H groups in total. The second kappa shape index (κ2) is 5.26. The van der Waals surface area contributed by atoms with Crippen LogP contribution >= 0.6 is 11.6 Å². The van der Waals surface area contributed by atoms with Crippen LogP contribution in [0.3, 0.4) is 0 Å². The molecule has 0 aromatic heterocycles. The van der Waals surface area contributed by atoms with E-state index >= 15 is 0 Å². The highest BCUT2D eigenvalue weighted by Crippen LogP contribution is 2.23. The highest BCUT2D eigenvalue weighted by atomic mass is 35.5. The Labute approximate surface area is 116 Å². The standard InChI is InChI=1S/C11H15ClN2O4S/c12-8-1-2-9(13)10(5-8)19(16,17)14-6-11(15)3-4-18-7-11/h1-2,5,14-15H,3-4,6-7,13H2. The Balaban J connectivity index is 2.16. The van der Waals surface area contributed by atoms with Gasteiger partial charge in [-0.05, 0) is 18.2 Å². The monoisotopic (exact) mass is 306 g/mol. The van der Waals surface area contributed by atoms with Crippen molar-refractivity contribution in [3.05, 3.63) is 23.2 Å². The predicted octanol–water partition coefficient (Wildman–Crippen LogP) is 0.352. The number of nitrogen functional groups attached to an aromatic ring is 1. The first kappa shape index (κ1) is 14.5. The summed E-state index contributed by atoms with van der Waals surface area (Å²) in [5.74, 6) is 0. The Morgan fingerprint density at radius 1 is 1.53 bits per heavy atom. The minimum atomic E-state index is -3.81. The van der Waals surface area contributed by atoms with E-state index in [-0.39, 0.29) is 28.8 Å². The molecule has 0 radical (unpaired) electrons. The number of anilines is 1. The van der Waals surface area contributed by atoms with Gasteiger partial charge in [-0.1, -0.05) is 11.6 Å². The maximum absolute atomic E-state index is 12.1. The van der Waals surface area contributed by atoms with Crippen molar-refractivity contribution in [2.24, 2.45) is 0 Å². The first-order valence-electron chi connectivity index (χ1n) is 5.67. The lowest BCUT2D eigenvalue weighted by Gasteiger charge is -2.20. The third-order valence-electron chi connectivity index (χ3n) is 2.94. The number of aliphatic hydroxyl groups is 1. The number of benzene rings is 1. The van der Waals surface area contributed by atoms with E-state index in [1.807, 2.05) is 0 Å². The number of rotatable bonds is 4. The quantitative estimate of drug-likeness (QED) is 0.697. The molecule has 2 rings (SSSR count). The van der Waals surface area contributed by atoms with Crippen LogP contribution in [-0.4, -0.2) is 38.9 Å². The lowest BCUT2D eigenvalue weighted by Crippen LogP contribution is -2.43. The number of nitrogens with two attached hydrogens (primary N) is 1. The van der Waals surface area contributed by atoms with Gasteiger partial charge in [0.25, 0.3) is 0 Å². The topological polar surface area (TPSA) is 102 Å². The fraction of sp³-hybridized carbons (Fsp3) is 0.455. The van der Waals surface area contributed by atoms with Gasteiger partial charge in [-0.25, -0.2) is 13.1 Å². The van der Waals surface area contributed by atoms with Crippen molar-refractivity contribution in [3.8, 4) is 0 Å². The third kappa shape index (κ3) is 3.37. The summed E-state index contributed by atoms with van der Waals surface area (Å²) in [4.78, 5) is -0.0949. The second-order valence-electron chi connectivity index (χ2n) is 4.53. The van der Waals surface area contributed by atoms with Gasteiger partial charge in [0.05, 0.1) is 12.3 Å². The van der Waals surface area contributed by atoms with E-state index in [9.17, 15) is 13.5 Å². The predicted molar refractivity (Wildman–Crippen MR) is 71.4 cm³/mol. The van der Waals surface area contributed by atoms with E-state index in [0.717, 1.165) is 0 Å². The second-order valence-corrected chi connectivity index (χ2v) is 6.71. The molecular formula is C11H15ClN2O4S. The highest BCUT2D eigenvalue weighted by Gasteiger charge is 2.34. The van der Waals surface area contributed by atoms with Crippen LogP contribution < -0.4 is 10.5 Å². The van der Waals surface area contributed by atoms with Gasteiger partial charge in [0.15, 0.2) is 0 Å². The summed E-state index contributed by atoms with van der Waals surface area (Å²) in [6.45, 7) is 0.402. The summed E-state index contributed by atoms with van der Waals surface area (Å²) in [5.41, 5.74) is 4.56. The Hall–Kier alpha value is -0.860. The first-order chi connectivity index (χ1) is 8.82. The number of halogens is 1. The average molecular weight is 307 g/mol. The van der Waals surface area contributed by atoms with Crippen molar-refractivity contribution >= 4 is 27.3 Å². The molecule has 1 aliphatic heterocycles. The van der Waals surface area contributed by atoms with E-state index < -0.39 is 15.6 Å². The van der Waals surface area contributed by atoms with Crippen LogP contribution in [0.25, 0.3) is 0 Å². The van der Waals surface area contributed by atoms with Gasteiger partial charge in [0.2, 0.25) is 10.0 Å². The first-order valence-corrected chi connectivity index (χ1v) is 7.53. The van der Waals surface area contributed by atoms with Gasteiger partial charge in [0, 0.05) is 24.6 Å². The third-order valence-corrected chi connectivity index (χ3v) is 4.63. The van der Waals surface area contributed by atoms with Crippen molar-refractivity contribution < 1.29 is 18.3 Å². The van der Waals surface area contributed by atoms with Crippen LogP contribution in [0.2, 0.25) is 5.02 Å². The molecule has 1 aromatic rings. The Morgan fingerprint density at radius 2 is 2.26 bits per heavy atom. The number of sulfonamides is 1. The van der Waals surface area contributed by atoms with Crippen LogP contribution in [0.5, 0.6) is 0 Å². The van der Waals surface area contributed by atoms with Crippen molar-refractivity contribution in [2.75, 3.05) is 25.5 Å². The summed E-state index contributed by atoms with van der Waals surface area (Å²) in [6.07, 6.45) is 0.389. The summed E-state index contributed by atoms with van der Waals surface area (Å²) in [5, 5.41) is 10.3. The molecule has 1 unspecified atom stereocenters. The fourth-order valence-electron chi connectivity index (χ4n) is 1.78. The van der Waals surface area contributed by atoms with Crippen molar-refractivity contribution in [1.82, 2.24) is 4.72 Å². The van der Waals surface area contributed by atoms with Gasteiger partial charge in [-0.15, -0.1) is 0 Å². The molecule has 1 saturated heterocycles. The van der Waals surface area contributed by atoms with E-state index in [4.69, 9.17) is 22.1 Å². The molecule has 1 fully saturated rings. The van der Waals surface area contributed by atoms with Crippen LogP contribution in [0.4, 0.5) is 5.69 Å². The summed E-state index contributed by atoms with van der Waals surface area (Å²) >= 11 is 5.76. The van der Waals surface area contributed by atoms with Gasteiger partial charge < -0.3 is 15.6 Å². The molecule has 1 aliphatic rings. The largest absolute Gasteiger partial charge is 0.398 e. The normalized spacial score (nSPS) is 23.7. The minimum Gasteiger partial charge on any atom is -0.398 e. The van der Waals surface area contributed by atoms with Gasteiger partial charge in [-0.2, -0.15) is 0 Å². The van der Waals surface area contributed by atoms with Crippen LogP contribution in [-0.2, 0) is 14.8 Å². The summed E-state index contributed by atoms with van der Waals surface area (Å²) in [7, 11) is -3.81. The minimum absolute atomic E-state index is 0.0949. The number of hydrogen-bond donors (Lipinski definition) is 3. The molecule has 8 heteroatoms. The molecule has 1 heterocycles. The molecule has 1 atom stereocenters. The number of hydrogen-bond acceptors (Lipinski definition) is 5. The van der Waals surface area contributed by atoms with Crippen molar-refractivity contribution in [1.29, 1.82) is 0 Å². The fourth-order valence-corrected chi connectivity index (χ4v) is 3.30. The Kier molecular flexibility index (Phi) is 4.03. The zero-order valence-electron chi connectivity index (χ0n) is 10.1. The SMILES string of the molecule is Nc1ccc(Cl)cc1S(=O)(=O)NCC1(O)CCOC1. The molecule has 19 heavy (non-hydrogen) atoms. The van der Waals surface area contributed by atoms with E-state index in [0.29, 0.717) is 13.0 Å². The molecular weight excluding hydrogens is 292 g/mol. The maximum atomic E-state index is 12.1. The average Bonchev–Trinajstić information content (AvgIpc) is 2.78. The molecule has 0 amide bonds. The van der Waals surface area contributed by atoms with E-state index in [1.54, 1.807) is 0 Å². The Bertz CT molecular complexity index is 570. The smallest absolute Gasteiger partial charge is 0.242 e. The van der Waals surface area contributed by atoms with Crippen molar-refractivity contribution in [2.45, 2.75) is 16.9 Å². The van der Waals surface area contributed by atoms with E-state index in [2.05, 4.69) is 4.72 Å². The highest BCUT2D eigenvalue weighted by molar-refractivity contribution is 7.89. The van der Waals surface area contributed by atoms with Crippen molar-refractivity contribution in [3.63, 3.8) is 0 Å². The zero-order valence-corrected chi connectivity index (χ0v) is 11.7. The molecule has 0 bridgehead atoms. The molecule has 106 valence electrons. The number of nitrogens with one attached hydrogen (secondary N) is 1. The molecule has 6 nitrogen and oxygen atoms in total. The van der Waals surface area contributed by atoms with Crippen LogP contribution in [0, 0.1) is 0 Å². The lowest BCUT2D eigenvalue weighted by molar-refractivity contribution is 0.0314. The Morgan fingerprint density at radius 3 is 2.89 bits per heavy atom. The molecule has 1 aromatic carbocycles. The zero-order chi connectivity index (χ0) is 14.1. The maximum Gasteiger partial charge on any atom is 0.242 e. The van der Waals surface area contributed by atoms with Gasteiger partial charge >= 0.3 is 0 Å². The van der Waals surface area contributed by atoms with Crippen LogP contribution in [0.15, 0.2) is 23.1 Å². The van der Waals surface area contributed by atoms with Gasteiger partial charge in [0.1, 0.15) is 10.5 Å². The van der Waals surface area contributed by atoms with E-state index in [1.165, 1.54) is 18.2 Å². The number of ether oxygens (including phenoxy) is 1. The summed E-state index contributed by atoms with van der Waals surface area (Å²) in [6, 6.07) is 4.20. The lowest BCUT2D eigenvalue weighted by atomic mass is 10.1. The van der Waals surface area contributed by atoms with Crippen LogP contribution in [0.1, 0.15) is 6.42 Å². The molecule has 0 aliphatic carbocycles. The molecule has 0 spiro atoms.